The second-order valence-corrected chi connectivity index (χ2v) is 7.15. The van der Waals surface area contributed by atoms with Gasteiger partial charge < -0.3 is 9.64 Å². The van der Waals surface area contributed by atoms with Crippen LogP contribution in [0.3, 0.4) is 0 Å². The number of fused-ring (bicyclic) bond motifs is 1. The minimum atomic E-state index is 0.751. The number of aryl methyl sites for hydroxylation is 2. The third kappa shape index (κ3) is 3.55. The molecule has 5 nitrogen and oxygen atoms in total. The molecule has 2 heterocycles. The van der Waals surface area contributed by atoms with Crippen LogP contribution >= 0.6 is 11.3 Å². The van der Waals surface area contributed by atoms with E-state index < -0.39 is 0 Å². The maximum absolute atomic E-state index is 7.53. The molecule has 1 aliphatic rings. The minimum Gasteiger partial charge on any atom is -0.378 e. The van der Waals surface area contributed by atoms with Gasteiger partial charge in [-0.25, -0.2) is 10.5 Å². The molecule has 6 heteroatoms. The van der Waals surface area contributed by atoms with Crippen molar-refractivity contribution in [2.45, 2.75) is 12.8 Å². The number of anilines is 1. The second-order valence-electron chi connectivity index (χ2n) is 6.14. The molecule has 1 fully saturated rings. The summed E-state index contributed by atoms with van der Waals surface area (Å²) in [5.74, 6) is 0. The third-order valence-corrected chi connectivity index (χ3v) is 5.58. The van der Waals surface area contributed by atoms with Crippen molar-refractivity contribution in [2.75, 3.05) is 31.2 Å². The zero-order valence-electron chi connectivity index (χ0n) is 13.9. The summed E-state index contributed by atoms with van der Waals surface area (Å²) in [5, 5.41) is 4.79. The predicted octanol–water partition coefficient (Wildman–Crippen LogP) is 4.58. The lowest BCUT2D eigenvalue weighted by Crippen LogP contribution is -2.36. The van der Waals surface area contributed by atoms with Gasteiger partial charge in [0.05, 0.1) is 29.1 Å². The van der Waals surface area contributed by atoms with Gasteiger partial charge in [-0.05, 0) is 36.1 Å². The van der Waals surface area contributed by atoms with Gasteiger partial charge in [-0.2, -0.15) is 5.11 Å². The summed E-state index contributed by atoms with van der Waals surface area (Å²) < 4.78 is 6.51. The Kier molecular flexibility index (Phi) is 4.72. The molecular weight excluding hydrogens is 332 g/mol. The fourth-order valence-corrected chi connectivity index (χ4v) is 4.14. The van der Waals surface area contributed by atoms with Gasteiger partial charge >= 0.3 is 0 Å². The number of hydrogen-bond acceptors (Lipinski definition) is 6. The van der Waals surface area contributed by atoms with Gasteiger partial charge in [-0.15, -0.1) is 0 Å². The molecule has 0 aliphatic carbocycles. The van der Waals surface area contributed by atoms with E-state index in [0.717, 1.165) is 65.7 Å². The Labute approximate surface area is 150 Å². The van der Waals surface area contributed by atoms with Gasteiger partial charge in [0.25, 0.3) is 0 Å². The highest BCUT2D eigenvalue weighted by Gasteiger charge is 2.16. The Morgan fingerprint density at radius 2 is 1.92 bits per heavy atom. The summed E-state index contributed by atoms with van der Waals surface area (Å²) in [6.07, 6.45) is 1.80. The maximum Gasteiger partial charge on any atom is 0.186 e. The number of rotatable bonds is 5. The van der Waals surface area contributed by atoms with Crippen LogP contribution in [0.4, 0.5) is 10.8 Å². The molecule has 0 amide bonds. The molecule has 2 aromatic carbocycles. The highest BCUT2D eigenvalue weighted by Crippen LogP contribution is 2.34. The number of ether oxygens (including phenoxy) is 1. The molecule has 128 valence electrons. The lowest BCUT2D eigenvalue weighted by atomic mass is 10.0. The molecule has 0 bridgehead atoms. The van der Waals surface area contributed by atoms with Crippen LogP contribution in [-0.2, 0) is 17.6 Å². The lowest BCUT2D eigenvalue weighted by molar-refractivity contribution is 0.122. The fourth-order valence-electron chi connectivity index (χ4n) is 3.11. The van der Waals surface area contributed by atoms with Gasteiger partial charge in [-0.3, -0.25) is 0 Å². The molecule has 1 aromatic heterocycles. The number of morpholine rings is 1. The first-order valence-electron chi connectivity index (χ1n) is 8.51. The topological polar surface area (TPSA) is 61.6 Å². The monoisotopic (exact) mass is 352 g/mol. The molecule has 0 spiro atoms. The van der Waals surface area contributed by atoms with E-state index in [1.165, 1.54) is 5.56 Å². The van der Waals surface area contributed by atoms with E-state index >= 15 is 0 Å². The molecule has 0 radical (unpaired) electrons. The maximum atomic E-state index is 7.53. The standard InChI is InChI=1S/C19H20N4OS/c20-22-16-13-18-17(21-19(25-18)23-8-10-24-11-9-23)12-15(16)7-6-14-4-2-1-3-5-14/h1-5,12-13,20H,6-11H2. The summed E-state index contributed by atoms with van der Waals surface area (Å²) >= 11 is 1.67. The van der Waals surface area contributed by atoms with Crippen molar-refractivity contribution >= 4 is 32.4 Å². The molecule has 4 rings (SSSR count). The fraction of sp³-hybridized carbons (Fsp3) is 0.316. The first kappa shape index (κ1) is 16.2. The Balaban J connectivity index is 1.61. The molecule has 0 unspecified atom stereocenters. The number of nitrogens with one attached hydrogen (secondary N) is 1. The van der Waals surface area contributed by atoms with Crippen molar-refractivity contribution in [3.05, 3.63) is 53.6 Å². The largest absolute Gasteiger partial charge is 0.378 e. The number of benzene rings is 2. The molecule has 3 aromatic rings. The zero-order chi connectivity index (χ0) is 17.1. The van der Waals surface area contributed by atoms with E-state index in [4.69, 9.17) is 15.3 Å². The van der Waals surface area contributed by atoms with Gasteiger partial charge in [-0.1, -0.05) is 41.7 Å². The van der Waals surface area contributed by atoms with Crippen LogP contribution < -0.4 is 4.90 Å². The normalized spacial score (nSPS) is 14.8. The smallest absolute Gasteiger partial charge is 0.186 e. The van der Waals surface area contributed by atoms with Crippen molar-refractivity contribution in [3.63, 3.8) is 0 Å². The Morgan fingerprint density at radius 1 is 1.12 bits per heavy atom. The molecule has 1 saturated heterocycles. The van der Waals surface area contributed by atoms with Crippen LogP contribution in [-0.4, -0.2) is 31.3 Å². The van der Waals surface area contributed by atoms with Gasteiger partial charge in [0.15, 0.2) is 5.13 Å². The quantitative estimate of drug-likeness (QED) is 0.684. The van der Waals surface area contributed by atoms with Crippen LogP contribution in [0.25, 0.3) is 10.2 Å². The van der Waals surface area contributed by atoms with E-state index in [-0.39, 0.29) is 0 Å². The summed E-state index contributed by atoms with van der Waals surface area (Å²) in [4.78, 5) is 7.09. The van der Waals surface area contributed by atoms with Gasteiger partial charge in [0.1, 0.15) is 0 Å². The highest BCUT2D eigenvalue weighted by molar-refractivity contribution is 7.22. The summed E-state index contributed by atoms with van der Waals surface area (Å²) in [6.45, 7) is 3.28. The van der Waals surface area contributed by atoms with Crippen molar-refractivity contribution in [1.29, 1.82) is 5.53 Å². The van der Waals surface area contributed by atoms with E-state index in [1.54, 1.807) is 11.3 Å². The number of aromatic nitrogens is 1. The van der Waals surface area contributed by atoms with Gasteiger partial charge in [0, 0.05) is 13.1 Å². The zero-order valence-corrected chi connectivity index (χ0v) is 14.8. The predicted molar refractivity (Wildman–Crippen MR) is 101 cm³/mol. The molecule has 25 heavy (non-hydrogen) atoms. The van der Waals surface area contributed by atoms with Crippen LogP contribution in [0, 0.1) is 5.53 Å². The molecule has 1 aliphatic heterocycles. The van der Waals surface area contributed by atoms with Crippen LogP contribution in [0.15, 0.2) is 47.6 Å². The Hall–Kier alpha value is -2.31. The average molecular weight is 352 g/mol. The molecule has 1 N–H and O–H groups in total. The first-order valence-corrected chi connectivity index (χ1v) is 9.33. The van der Waals surface area contributed by atoms with Crippen molar-refractivity contribution in [2.24, 2.45) is 5.11 Å². The van der Waals surface area contributed by atoms with Crippen molar-refractivity contribution in [3.8, 4) is 0 Å². The van der Waals surface area contributed by atoms with E-state index in [0.29, 0.717) is 0 Å². The number of nitrogens with zero attached hydrogens (tertiary/aromatic N) is 3. The van der Waals surface area contributed by atoms with Crippen LogP contribution in [0.5, 0.6) is 0 Å². The van der Waals surface area contributed by atoms with Gasteiger partial charge in [0.2, 0.25) is 0 Å². The lowest BCUT2D eigenvalue weighted by Gasteiger charge is -2.25. The van der Waals surface area contributed by atoms with Crippen LogP contribution in [0.1, 0.15) is 11.1 Å². The molecular formula is C19H20N4OS. The average Bonchev–Trinajstić information content (AvgIpc) is 3.10. The number of thiazole rings is 1. The van der Waals surface area contributed by atoms with E-state index in [2.05, 4.69) is 40.3 Å². The summed E-state index contributed by atoms with van der Waals surface area (Å²) in [6, 6.07) is 14.5. The minimum absolute atomic E-state index is 0.751. The molecule has 0 atom stereocenters. The van der Waals surface area contributed by atoms with Crippen LogP contribution in [0.2, 0.25) is 0 Å². The number of hydrogen-bond donors (Lipinski definition) is 1. The SMILES string of the molecule is N=Nc1cc2sc(N3CCOCC3)nc2cc1CCc1ccccc1. The molecule has 0 saturated carbocycles. The van der Waals surface area contributed by atoms with Crippen molar-refractivity contribution < 1.29 is 4.74 Å². The summed E-state index contributed by atoms with van der Waals surface area (Å²) in [7, 11) is 0. The Morgan fingerprint density at radius 3 is 2.68 bits per heavy atom. The van der Waals surface area contributed by atoms with Crippen molar-refractivity contribution in [1.82, 2.24) is 4.98 Å². The van der Waals surface area contributed by atoms with E-state index in [1.807, 2.05) is 12.1 Å². The van der Waals surface area contributed by atoms with E-state index in [9.17, 15) is 0 Å². The Bertz CT molecular complexity index is 872. The second kappa shape index (κ2) is 7.29. The first-order chi connectivity index (χ1) is 12.3. The summed E-state index contributed by atoms with van der Waals surface area (Å²) in [5.41, 5.74) is 11.7. The third-order valence-electron chi connectivity index (χ3n) is 4.51. The highest BCUT2D eigenvalue weighted by atomic mass is 32.1.